The number of carbonyl (C=O) groups is 2. The molecule has 2 aromatic rings. The first kappa shape index (κ1) is 15.4. The van der Waals surface area contributed by atoms with Crippen LogP contribution < -0.4 is 0 Å². The minimum atomic E-state index is -0.932. The Morgan fingerprint density at radius 3 is 3.00 bits per heavy atom. The molecule has 8 nitrogen and oxygen atoms in total. The van der Waals surface area contributed by atoms with E-state index in [1.807, 2.05) is 14.0 Å². The molecule has 8 heteroatoms. The van der Waals surface area contributed by atoms with Gasteiger partial charge in [-0.2, -0.15) is 5.10 Å². The number of aliphatic carboxylic acids is 1. The predicted octanol–water partition coefficient (Wildman–Crippen LogP) is 0.592. The Labute approximate surface area is 132 Å². The molecule has 0 bridgehead atoms. The topological polar surface area (TPSA) is 97.5 Å². The highest BCUT2D eigenvalue weighted by Gasteiger charge is 2.27. The van der Waals surface area contributed by atoms with Crippen LogP contribution in [0.3, 0.4) is 0 Å². The van der Waals surface area contributed by atoms with Gasteiger partial charge < -0.3 is 14.7 Å². The number of morpholine rings is 1. The molecular weight excluding hydrogens is 300 g/mol. The van der Waals surface area contributed by atoms with Gasteiger partial charge in [0.2, 0.25) is 0 Å². The number of hydrogen-bond acceptors (Lipinski definition) is 5. The van der Waals surface area contributed by atoms with Crippen LogP contribution in [0.2, 0.25) is 0 Å². The first-order valence-corrected chi connectivity index (χ1v) is 7.37. The number of rotatable bonds is 3. The minimum absolute atomic E-state index is 0.108. The Balaban J connectivity index is 1.82. The maximum atomic E-state index is 12.6. The van der Waals surface area contributed by atoms with Gasteiger partial charge in [-0.05, 0) is 13.0 Å². The van der Waals surface area contributed by atoms with Gasteiger partial charge >= 0.3 is 5.97 Å². The zero-order chi connectivity index (χ0) is 16.6. The molecule has 0 aromatic carbocycles. The highest BCUT2D eigenvalue weighted by atomic mass is 16.5. The Morgan fingerprint density at radius 2 is 2.26 bits per heavy atom. The molecule has 3 rings (SSSR count). The number of ether oxygens (including phenoxy) is 1. The molecule has 1 N–H and O–H groups in total. The molecular formula is C15H18N4O4. The molecule has 1 aliphatic heterocycles. The van der Waals surface area contributed by atoms with E-state index in [9.17, 15) is 9.59 Å². The third-order valence-corrected chi connectivity index (χ3v) is 3.94. The zero-order valence-electron chi connectivity index (χ0n) is 13.0. The number of aryl methyl sites for hydroxylation is 2. The van der Waals surface area contributed by atoms with Crippen molar-refractivity contribution in [1.82, 2.24) is 19.7 Å². The molecule has 1 atom stereocenters. The number of carbonyl (C=O) groups excluding carboxylic acids is 1. The third-order valence-electron chi connectivity index (χ3n) is 3.94. The van der Waals surface area contributed by atoms with Crippen LogP contribution in [0.5, 0.6) is 0 Å². The standard InChI is InChI=1S/C15H18N4O4/c1-9-12-5-10(7-16-14(12)18(2)17-9)15(22)19-3-4-23-11(8-19)6-13(20)21/h5,7,11H,3-4,6,8H2,1-2H3,(H,20,21). The van der Waals surface area contributed by atoms with Gasteiger partial charge in [-0.25, -0.2) is 4.98 Å². The van der Waals surface area contributed by atoms with E-state index in [0.717, 1.165) is 16.7 Å². The zero-order valence-corrected chi connectivity index (χ0v) is 13.0. The normalized spacial score (nSPS) is 18.3. The van der Waals surface area contributed by atoms with Crippen LogP contribution in [0.25, 0.3) is 11.0 Å². The first-order valence-electron chi connectivity index (χ1n) is 7.37. The summed E-state index contributed by atoms with van der Waals surface area (Å²) in [6.07, 6.45) is 0.956. The summed E-state index contributed by atoms with van der Waals surface area (Å²) in [5.41, 5.74) is 2.02. The van der Waals surface area contributed by atoms with E-state index in [0.29, 0.717) is 18.7 Å². The quantitative estimate of drug-likeness (QED) is 0.889. The maximum absolute atomic E-state index is 12.6. The minimum Gasteiger partial charge on any atom is -0.481 e. The van der Waals surface area contributed by atoms with E-state index < -0.39 is 12.1 Å². The Bertz CT molecular complexity index is 770. The van der Waals surface area contributed by atoms with Gasteiger partial charge in [0, 0.05) is 31.7 Å². The van der Waals surface area contributed by atoms with E-state index in [2.05, 4.69) is 10.1 Å². The molecule has 122 valence electrons. The lowest BCUT2D eigenvalue weighted by molar-refractivity contribution is -0.141. The molecule has 1 fully saturated rings. The van der Waals surface area contributed by atoms with Gasteiger partial charge in [-0.15, -0.1) is 0 Å². The van der Waals surface area contributed by atoms with Crippen LogP contribution in [0.4, 0.5) is 0 Å². The number of aromatic nitrogens is 3. The van der Waals surface area contributed by atoms with Gasteiger partial charge in [-0.3, -0.25) is 14.3 Å². The second-order valence-corrected chi connectivity index (χ2v) is 5.65. The van der Waals surface area contributed by atoms with Crippen molar-refractivity contribution in [2.75, 3.05) is 19.7 Å². The van der Waals surface area contributed by atoms with Crippen molar-refractivity contribution >= 4 is 22.9 Å². The molecule has 0 radical (unpaired) electrons. The van der Waals surface area contributed by atoms with E-state index in [1.54, 1.807) is 15.6 Å². The van der Waals surface area contributed by atoms with Crippen LogP contribution in [0, 0.1) is 6.92 Å². The van der Waals surface area contributed by atoms with Crippen LogP contribution >= 0.6 is 0 Å². The molecule has 1 aliphatic rings. The van der Waals surface area contributed by atoms with Crippen molar-refractivity contribution in [1.29, 1.82) is 0 Å². The summed E-state index contributed by atoms with van der Waals surface area (Å²) in [6.45, 7) is 2.93. The van der Waals surface area contributed by atoms with E-state index >= 15 is 0 Å². The number of amides is 1. The van der Waals surface area contributed by atoms with E-state index in [4.69, 9.17) is 9.84 Å². The second kappa shape index (κ2) is 5.96. The van der Waals surface area contributed by atoms with Crippen LogP contribution in [0.15, 0.2) is 12.3 Å². The first-order chi connectivity index (χ1) is 11.0. The highest BCUT2D eigenvalue weighted by molar-refractivity contribution is 5.97. The number of nitrogens with zero attached hydrogens (tertiary/aromatic N) is 4. The van der Waals surface area contributed by atoms with Crippen molar-refractivity contribution in [3.8, 4) is 0 Å². The molecule has 23 heavy (non-hydrogen) atoms. The van der Waals surface area contributed by atoms with Crippen molar-refractivity contribution in [3.63, 3.8) is 0 Å². The summed E-state index contributed by atoms with van der Waals surface area (Å²) in [6, 6.07) is 1.79. The SMILES string of the molecule is Cc1nn(C)c2ncc(C(=O)N3CCOC(CC(=O)O)C3)cc12. The average molecular weight is 318 g/mol. The van der Waals surface area contributed by atoms with Gasteiger partial charge in [0.25, 0.3) is 5.91 Å². The van der Waals surface area contributed by atoms with Crippen LogP contribution in [-0.2, 0) is 16.6 Å². The van der Waals surface area contributed by atoms with E-state index in [-0.39, 0.29) is 18.9 Å². The smallest absolute Gasteiger partial charge is 0.306 e. The number of carboxylic acids is 1. The summed E-state index contributed by atoms with van der Waals surface area (Å²) < 4.78 is 7.07. The lowest BCUT2D eigenvalue weighted by Gasteiger charge is -2.32. The van der Waals surface area contributed by atoms with Crippen molar-refractivity contribution in [2.45, 2.75) is 19.4 Å². The highest BCUT2D eigenvalue weighted by Crippen LogP contribution is 2.19. The van der Waals surface area contributed by atoms with Crippen LogP contribution in [0.1, 0.15) is 22.5 Å². The largest absolute Gasteiger partial charge is 0.481 e. The molecule has 1 unspecified atom stereocenters. The van der Waals surface area contributed by atoms with Crippen molar-refractivity contribution in [3.05, 3.63) is 23.5 Å². The Kier molecular flexibility index (Phi) is 3.99. The van der Waals surface area contributed by atoms with E-state index in [1.165, 1.54) is 6.20 Å². The Morgan fingerprint density at radius 1 is 1.48 bits per heavy atom. The Hall–Kier alpha value is -2.48. The summed E-state index contributed by atoms with van der Waals surface area (Å²) in [5.74, 6) is -1.10. The summed E-state index contributed by atoms with van der Waals surface area (Å²) in [4.78, 5) is 29.4. The average Bonchev–Trinajstić information content (AvgIpc) is 2.80. The summed E-state index contributed by atoms with van der Waals surface area (Å²) >= 11 is 0. The predicted molar refractivity (Wildman–Crippen MR) is 81.1 cm³/mol. The fourth-order valence-electron chi connectivity index (χ4n) is 2.83. The van der Waals surface area contributed by atoms with Crippen molar-refractivity contribution in [2.24, 2.45) is 7.05 Å². The molecule has 0 spiro atoms. The number of pyridine rings is 1. The number of hydrogen-bond donors (Lipinski definition) is 1. The molecule has 1 saturated heterocycles. The monoisotopic (exact) mass is 318 g/mol. The van der Waals surface area contributed by atoms with Gasteiger partial charge in [0.05, 0.1) is 30.4 Å². The lowest BCUT2D eigenvalue weighted by atomic mass is 10.1. The number of fused-ring (bicyclic) bond motifs is 1. The molecule has 3 heterocycles. The molecule has 1 amide bonds. The molecule has 2 aromatic heterocycles. The maximum Gasteiger partial charge on any atom is 0.306 e. The molecule has 0 saturated carbocycles. The van der Waals surface area contributed by atoms with Crippen LogP contribution in [-0.4, -0.2) is 62.4 Å². The summed E-state index contributed by atoms with van der Waals surface area (Å²) in [7, 11) is 1.81. The van der Waals surface area contributed by atoms with Gasteiger partial charge in [0.1, 0.15) is 0 Å². The lowest BCUT2D eigenvalue weighted by Crippen LogP contribution is -2.46. The number of carboxylic acid groups (broad SMARTS) is 1. The third kappa shape index (κ3) is 3.02. The summed E-state index contributed by atoms with van der Waals surface area (Å²) in [5, 5.41) is 14.0. The van der Waals surface area contributed by atoms with Gasteiger partial charge in [0.15, 0.2) is 5.65 Å². The second-order valence-electron chi connectivity index (χ2n) is 5.65. The molecule has 0 aliphatic carbocycles. The fraction of sp³-hybridized carbons (Fsp3) is 0.467. The van der Waals surface area contributed by atoms with Crippen molar-refractivity contribution < 1.29 is 19.4 Å². The fourth-order valence-corrected chi connectivity index (χ4v) is 2.83. The van der Waals surface area contributed by atoms with Gasteiger partial charge in [-0.1, -0.05) is 0 Å².